The number of thiazole rings is 1. The second kappa shape index (κ2) is 4.74. The topological polar surface area (TPSA) is 59.2 Å². The van der Waals surface area contributed by atoms with Crippen molar-refractivity contribution >= 4 is 17.2 Å². The van der Waals surface area contributed by atoms with E-state index in [-0.39, 0.29) is 24.0 Å². The van der Waals surface area contributed by atoms with Gasteiger partial charge in [0.25, 0.3) is 0 Å². The molecule has 2 heterocycles. The normalized spacial score (nSPS) is 25.7. The number of hydrogen-bond acceptors (Lipinski definition) is 4. The number of nitrogens with zero attached hydrogens (tertiary/aromatic N) is 2. The average molecular weight is 253 g/mol. The summed E-state index contributed by atoms with van der Waals surface area (Å²) in [4.78, 5) is 18.4. The van der Waals surface area contributed by atoms with E-state index in [1.807, 2.05) is 31.1 Å². The minimum absolute atomic E-state index is 0.00315. The van der Waals surface area contributed by atoms with Crippen molar-refractivity contribution in [1.82, 2.24) is 9.88 Å². The monoisotopic (exact) mass is 253 g/mol. The van der Waals surface area contributed by atoms with E-state index in [0.717, 1.165) is 17.1 Å². The summed E-state index contributed by atoms with van der Waals surface area (Å²) in [7, 11) is 0. The van der Waals surface area contributed by atoms with E-state index in [0.29, 0.717) is 6.42 Å². The molecule has 1 aromatic rings. The summed E-state index contributed by atoms with van der Waals surface area (Å²) in [6.07, 6.45) is 1.31. The number of carbonyl (C=O) groups excluding carboxylic acids is 1. The number of rotatable bonds is 2. The van der Waals surface area contributed by atoms with E-state index >= 15 is 0 Å². The molecule has 0 saturated carbocycles. The van der Waals surface area contributed by atoms with Crippen molar-refractivity contribution < 1.29 is 4.79 Å². The average Bonchev–Trinajstić information content (AvgIpc) is 2.67. The first-order valence-corrected chi connectivity index (χ1v) is 6.87. The number of piperidine rings is 1. The summed E-state index contributed by atoms with van der Waals surface area (Å²) in [5.74, 6) is 0.192. The zero-order valence-corrected chi connectivity index (χ0v) is 11.3. The lowest BCUT2D eigenvalue weighted by molar-refractivity contribution is -0.139. The smallest absolute Gasteiger partial charge is 0.223 e. The van der Waals surface area contributed by atoms with Crippen molar-refractivity contribution in [3.63, 3.8) is 0 Å². The predicted molar refractivity (Wildman–Crippen MR) is 68.8 cm³/mol. The zero-order chi connectivity index (χ0) is 12.6. The van der Waals surface area contributed by atoms with Crippen molar-refractivity contribution in [3.05, 3.63) is 16.1 Å². The summed E-state index contributed by atoms with van der Waals surface area (Å²) < 4.78 is 0. The van der Waals surface area contributed by atoms with Crippen LogP contribution < -0.4 is 5.73 Å². The highest BCUT2D eigenvalue weighted by atomic mass is 32.1. The second-order valence-electron chi connectivity index (χ2n) is 4.83. The van der Waals surface area contributed by atoms with Crippen LogP contribution >= 0.6 is 11.3 Å². The summed E-state index contributed by atoms with van der Waals surface area (Å²) in [6, 6.07) is 0.110. The highest BCUT2D eigenvalue weighted by Crippen LogP contribution is 2.32. The number of aryl methyl sites for hydroxylation is 1. The van der Waals surface area contributed by atoms with Crippen LogP contribution in [0.5, 0.6) is 0 Å². The Bertz CT molecular complexity index is 416. The van der Waals surface area contributed by atoms with Crippen LogP contribution in [0.4, 0.5) is 0 Å². The van der Waals surface area contributed by atoms with Gasteiger partial charge < -0.3 is 10.6 Å². The molecule has 2 rings (SSSR count). The zero-order valence-electron chi connectivity index (χ0n) is 10.5. The molecule has 5 heteroatoms. The van der Waals surface area contributed by atoms with E-state index in [1.165, 1.54) is 0 Å². The number of hydrogen-bond donors (Lipinski definition) is 1. The van der Waals surface area contributed by atoms with Crippen molar-refractivity contribution in [2.75, 3.05) is 0 Å². The van der Waals surface area contributed by atoms with E-state index in [2.05, 4.69) is 4.98 Å². The Labute approximate surface area is 106 Å². The van der Waals surface area contributed by atoms with Gasteiger partial charge in [0.2, 0.25) is 5.91 Å². The van der Waals surface area contributed by atoms with Crippen molar-refractivity contribution in [3.8, 4) is 0 Å². The molecule has 0 aliphatic carbocycles. The van der Waals surface area contributed by atoms with Crippen LogP contribution in [-0.4, -0.2) is 27.9 Å². The summed E-state index contributed by atoms with van der Waals surface area (Å²) in [6.45, 7) is 6.04. The SMILES string of the molecule is Cc1nc(C2C(N)CCC(=O)N2C(C)C)cs1. The lowest BCUT2D eigenvalue weighted by Gasteiger charge is -2.41. The third-order valence-corrected chi connectivity index (χ3v) is 3.97. The van der Waals surface area contributed by atoms with Gasteiger partial charge in [-0.15, -0.1) is 11.3 Å². The van der Waals surface area contributed by atoms with Gasteiger partial charge in [-0.3, -0.25) is 4.79 Å². The summed E-state index contributed by atoms with van der Waals surface area (Å²) >= 11 is 1.61. The molecule has 1 aliphatic rings. The minimum Gasteiger partial charge on any atom is -0.330 e. The lowest BCUT2D eigenvalue weighted by atomic mass is 9.93. The largest absolute Gasteiger partial charge is 0.330 e. The molecule has 2 N–H and O–H groups in total. The Hall–Kier alpha value is -0.940. The minimum atomic E-state index is -0.0544. The van der Waals surface area contributed by atoms with Gasteiger partial charge >= 0.3 is 0 Å². The van der Waals surface area contributed by atoms with Gasteiger partial charge in [-0.1, -0.05) is 0 Å². The number of amides is 1. The van der Waals surface area contributed by atoms with Crippen molar-refractivity contribution in [2.45, 2.75) is 51.7 Å². The molecular formula is C12H19N3OS. The van der Waals surface area contributed by atoms with Crippen molar-refractivity contribution in [2.24, 2.45) is 5.73 Å². The maximum Gasteiger partial charge on any atom is 0.223 e. The molecule has 1 aliphatic heterocycles. The first kappa shape index (κ1) is 12.5. The molecule has 2 atom stereocenters. The highest BCUT2D eigenvalue weighted by molar-refractivity contribution is 7.09. The van der Waals surface area contributed by atoms with Crippen LogP contribution in [0.15, 0.2) is 5.38 Å². The van der Waals surface area contributed by atoms with E-state index < -0.39 is 0 Å². The number of nitrogens with two attached hydrogens (primary N) is 1. The van der Waals surface area contributed by atoms with Gasteiger partial charge in [-0.05, 0) is 27.2 Å². The van der Waals surface area contributed by atoms with Gasteiger partial charge in [-0.2, -0.15) is 0 Å². The third kappa shape index (κ3) is 2.35. The molecule has 0 aromatic carbocycles. The molecule has 2 unspecified atom stereocenters. The second-order valence-corrected chi connectivity index (χ2v) is 5.90. The number of aromatic nitrogens is 1. The van der Waals surface area contributed by atoms with Gasteiger partial charge in [-0.25, -0.2) is 4.98 Å². The Morgan fingerprint density at radius 2 is 2.29 bits per heavy atom. The fourth-order valence-electron chi connectivity index (χ4n) is 2.43. The molecule has 17 heavy (non-hydrogen) atoms. The standard InChI is InChI=1S/C12H19N3OS/c1-7(2)15-11(16)5-4-9(13)12(15)10-6-17-8(3)14-10/h6-7,9,12H,4-5,13H2,1-3H3. The van der Waals surface area contributed by atoms with E-state index in [9.17, 15) is 4.79 Å². The maximum absolute atomic E-state index is 12.0. The predicted octanol–water partition coefficient (Wildman–Crippen LogP) is 1.85. The third-order valence-electron chi connectivity index (χ3n) is 3.18. The molecule has 4 nitrogen and oxygen atoms in total. The van der Waals surface area contributed by atoms with Gasteiger partial charge in [0, 0.05) is 23.9 Å². The maximum atomic E-state index is 12.0. The molecule has 0 bridgehead atoms. The van der Waals surface area contributed by atoms with E-state index in [1.54, 1.807) is 11.3 Å². The lowest BCUT2D eigenvalue weighted by Crippen LogP contribution is -2.51. The van der Waals surface area contributed by atoms with Crippen LogP contribution in [0.2, 0.25) is 0 Å². The molecule has 1 saturated heterocycles. The molecule has 1 fully saturated rings. The van der Waals surface area contributed by atoms with Crippen molar-refractivity contribution in [1.29, 1.82) is 0 Å². The van der Waals surface area contributed by atoms with Crippen LogP contribution in [0.1, 0.15) is 43.4 Å². The Balaban J connectivity index is 2.35. The fourth-order valence-corrected chi connectivity index (χ4v) is 3.07. The van der Waals surface area contributed by atoms with Gasteiger partial charge in [0.1, 0.15) is 0 Å². The summed E-state index contributed by atoms with van der Waals surface area (Å²) in [5.41, 5.74) is 7.13. The molecule has 1 amide bonds. The quantitative estimate of drug-likeness (QED) is 0.875. The Morgan fingerprint density at radius 1 is 1.59 bits per heavy atom. The first-order chi connectivity index (χ1) is 8.00. The van der Waals surface area contributed by atoms with Gasteiger partial charge in [0.15, 0.2) is 0 Å². The molecular weight excluding hydrogens is 234 g/mol. The van der Waals surface area contributed by atoms with Crippen LogP contribution in [-0.2, 0) is 4.79 Å². The van der Waals surface area contributed by atoms with Crippen LogP contribution in [0.25, 0.3) is 0 Å². The van der Waals surface area contributed by atoms with Crippen LogP contribution in [0, 0.1) is 6.92 Å². The van der Waals surface area contributed by atoms with Gasteiger partial charge in [0.05, 0.1) is 16.7 Å². The van der Waals surface area contributed by atoms with Crippen LogP contribution in [0.3, 0.4) is 0 Å². The highest BCUT2D eigenvalue weighted by Gasteiger charge is 2.37. The van der Waals surface area contributed by atoms with E-state index in [4.69, 9.17) is 5.73 Å². The molecule has 0 radical (unpaired) electrons. The number of carbonyl (C=O) groups is 1. The Kier molecular flexibility index (Phi) is 3.49. The summed E-state index contributed by atoms with van der Waals surface area (Å²) in [5, 5.41) is 3.04. The number of likely N-dealkylation sites (tertiary alicyclic amines) is 1. The molecule has 94 valence electrons. The Morgan fingerprint density at radius 3 is 2.82 bits per heavy atom. The molecule has 0 spiro atoms. The fraction of sp³-hybridized carbons (Fsp3) is 0.667. The molecule has 1 aromatic heterocycles. The first-order valence-electron chi connectivity index (χ1n) is 5.99.